The first kappa shape index (κ1) is 24.6. The summed E-state index contributed by atoms with van der Waals surface area (Å²) in [7, 11) is -3.74. The second kappa shape index (κ2) is 10.7. The number of nitrogens with one attached hydrogen (secondary N) is 1. The van der Waals surface area contributed by atoms with Crippen LogP contribution in [0.4, 0.5) is 5.69 Å². The van der Waals surface area contributed by atoms with E-state index in [2.05, 4.69) is 5.32 Å². The number of carbonyl (C=O) groups excluding carboxylic acids is 3. The number of amides is 2. The van der Waals surface area contributed by atoms with Crippen LogP contribution in [0.2, 0.25) is 0 Å². The maximum absolute atomic E-state index is 12.8. The molecule has 2 aromatic rings. The zero-order chi connectivity index (χ0) is 24.0. The second-order valence-electron chi connectivity index (χ2n) is 7.75. The highest BCUT2D eigenvalue weighted by atomic mass is 32.2. The minimum absolute atomic E-state index is 0.0317. The summed E-state index contributed by atoms with van der Waals surface area (Å²) >= 11 is 0. The molecule has 1 saturated heterocycles. The van der Waals surface area contributed by atoms with E-state index in [-0.39, 0.29) is 23.1 Å². The molecular weight excluding hydrogens is 446 g/mol. The number of unbranched alkanes of at least 4 members (excludes halogenated alkanes) is 1. The zero-order valence-corrected chi connectivity index (χ0v) is 19.1. The summed E-state index contributed by atoms with van der Waals surface area (Å²) in [6.07, 6.45) is 2.28. The maximum atomic E-state index is 12.8. The third-order valence-electron chi connectivity index (χ3n) is 5.30. The van der Waals surface area contributed by atoms with Crippen molar-refractivity contribution in [2.24, 2.45) is 5.14 Å². The number of nitrogens with two attached hydrogens (primary N) is 1. The van der Waals surface area contributed by atoms with Crippen LogP contribution in [-0.2, 0) is 30.8 Å². The summed E-state index contributed by atoms with van der Waals surface area (Å²) in [4.78, 5) is 38.4. The van der Waals surface area contributed by atoms with Gasteiger partial charge in [-0.1, -0.05) is 25.5 Å². The molecule has 1 atom stereocenters. The van der Waals surface area contributed by atoms with Gasteiger partial charge >= 0.3 is 5.97 Å². The molecule has 0 aromatic heterocycles. The van der Waals surface area contributed by atoms with Gasteiger partial charge in [0, 0.05) is 0 Å². The van der Waals surface area contributed by atoms with Crippen LogP contribution in [0, 0.1) is 0 Å². The second-order valence-corrected chi connectivity index (χ2v) is 9.31. The largest absolute Gasteiger partial charge is 0.462 e. The highest BCUT2D eigenvalue weighted by molar-refractivity contribution is 7.89. The van der Waals surface area contributed by atoms with E-state index in [0.717, 1.165) is 23.3 Å². The van der Waals surface area contributed by atoms with Crippen LogP contribution in [0.25, 0.3) is 0 Å². The van der Waals surface area contributed by atoms with Gasteiger partial charge in [0.15, 0.2) is 0 Å². The van der Waals surface area contributed by atoms with Gasteiger partial charge in [0.05, 0.1) is 35.2 Å². The molecular formula is C23H27N3O6S. The van der Waals surface area contributed by atoms with Crippen molar-refractivity contribution in [1.82, 2.24) is 5.32 Å². The molecule has 1 aliphatic rings. The van der Waals surface area contributed by atoms with Gasteiger partial charge in [-0.2, -0.15) is 0 Å². The molecule has 2 amide bonds. The van der Waals surface area contributed by atoms with Gasteiger partial charge in [-0.05, 0) is 61.3 Å². The first-order valence-electron chi connectivity index (χ1n) is 10.7. The Hall–Kier alpha value is -3.08. The number of hydrogen-bond acceptors (Lipinski definition) is 7. The molecule has 33 heavy (non-hydrogen) atoms. The van der Waals surface area contributed by atoms with Crippen molar-refractivity contribution in [3.8, 4) is 0 Å². The maximum Gasteiger partial charge on any atom is 0.338 e. The summed E-state index contributed by atoms with van der Waals surface area (Å²) in [5.74, 6) is -1.12. The van der Waals surface area contributed by atoms with E-state index >= 15 is 0 Å². The highest BCUT2D eigenvalue weighted by Gasteiger charge is 2.39. The number of imide groups is 1. The van der Waals surface area contributed by atoms with E-state index in [4.69, 9.17) is 9.88 Å². The summed E-state index contributed by atoms with van der Waals surface area (Å²) in [6, 6.07) is 11.7. The Morgan fingerprint density at radius 1 is 1.12 bits per heavy atom. The van der Waals surface area contributed by atoms with E-state index in [1.807, 2.05) is 6.92 Å². The molecule has 9 nitrogen and oxygen atoms in total. The number of benzene rings is 2. The SMILES string of the molecule is CCCCOC(=O)c1ccc(N2C(=O)CC(NCCc3ccc(S(N)(=O)=O)cc3)C2=O)cc1. The first-order chi connectivity index (χ1) is 15.7. The van der Waals surface area contributed by atoms with Crippen LogP contribution in [0.3, 0.4) is 0 Å². The normalized spacial score (nSPS) is 16.3. The predicted octanol–water partition coefficient (Wildman–Crippen LogP) is 1.76. The number of anilines is 1. The molecule has 0 aliphatic carbocycles. The fraction of sp³-hybridized carbons (Fsp3) is 0.348. The van der Waals surface area contributed by atoms with Gasteiger partial charge in [-0.15, -0.1) is 0 Å². The fourth-order valence-corrected chi connectivity index (χ4v) is 3.95. The Balaban J connectivity index is 1.55. The van der Waals surface area contributed by atoms with Crippen LogP contribution in [0.1, 0.15) is 42.1 Å². The van der Waals surface area contributed by atoms with Gasteiger partial charge in [0.25, 0.3) is 5.91 Å². The van der Waals surface area contributed by atoms with Crippen molar-refractivity contribution < 1.29 is 27.5 Å². The molecule has 2 aromatic carbocycles. The first-order valence-corrected chi connectivity index (χ1v) is 12.2. The molecule has 0 saturated carbocycles. The zero-order valence-electron chi connectivity index (χ0n) is 18.3. The number of carbonyl (C=O) groups is 3. The molecule has 3 rings (SSSR count). The molecule has 10 heteroatoms. The molecule has 3 N–H and O–H groups in total. The highest BCUT2D eigenvalue weighted by Crippen LogP contribution is 2.23. The smallest absolute Gasteiger partial charge is 0.338 e. The van der Waals surface area contributed by atoms with Crippen LogP contribution in [0.15, 0.2) is 53.4 Å². The molecule has 0 bridgehead atoms. The average molecular weight is 474 g/mol. The van der Waals surface area contributed by atoms with Crippen LogP contribution < -0.4 is 15.4 Å². The van der Waals surface area contributed by atoms with Crippen molar-refractivity contribution in [1.29, 1.82) is 0 Å². The van der Waals surface area contributed by atoms with Gasteiger partial charge in [-0.25, -0.2) is 23.3 Å². The summed E-state index contributed by atoms with van der Waals surface area (Å²) in [5, 5.41) is 8.17. The predicted molar refractivity (Wildman–Crippen MR) is 122 cm³/mol. The molecule has 0 radical (unpaired) electrons. The lowest BCUT2D eigenvalue weighted by atomic mass is 10.1. The van der Waals surface area contributed by atoms with E-state index in [9.17, 15) is 22.8 Å². The van der Waals surface area contributed by atoms with Crippen molar-refractivity contribution in [2.45, 2.75) is 43.5 Å². The van der Waals surface area contributed by atoms with E-state index in [0.29, 0.717) is 30.8 Å². The summed E-state index contributed by atoms with van der Waals surface area (Å²) < 4.78 is 27.8. The molecule has 1 heterocycles. The quantitative estimate of drug-likeness (QED) is 0.305. The Kier molecular flexibility index (Phi) is 7.96. The third-order valence-corrected chi connectivity index (χ3v) is 6.22. The molecule has 1 unspecified atom stereocenters. The van der Waals surface area contributed by atoms with Gasteiger partial charge < -0.3 is 10.1 Å². The van der Waals surface area contributed by atoms with Gasteiger partial charge in [0.1, 0.15) is 0 Å². The van der Waals surface area contributed by atoms with Crippen molar-refractivity contribution in [3.63, 3.8) is 0 Å². The molecule has 1 aliphatic heterocycles. The van der Waals surface area contributed by atoms with E-state index < -0.39 is 22.0 Å². The molecule has 1 fully saturated rings. The number of primary sulfonamides is 1. The number of hydrogen-bond donors (Lipinski definition) is 2. The minimum Gasteiger partial charge on any atom is -0.462 e. The Morgan fingerprint density at radius 3 is 2.39 bits per heavy atom. The number of esters is 1. The van der Waals surface area contributed by atoms with Crippen molar-refractivity contribution >= 4 is 33.5 Å². The topological polar surface area (TPSA) is 136 Å². The Morgan fingerprint density at radius 2 is 1.79 bits per heavy atom. The third kappa shape index (κ3) is 6.25. The van der Waals surface area contributed by atoms with Gasteiger partial charge in [0.2, 0.25) is 15.9 Å². The number of nitrogens with zero attached hydrogens (tertiary/aromatic N) is 1. The number of rotatable bonds is 10. The van der Waals surface area contributed by atoms with Crippen molar-refractivity contribution in [3.05, 3.63) is 59.7 Å². The number of sulfonamides is 1. The monoisotopic (exact) mass is 473 g/mol. The van der Waals surface area contributed by atoms with Crippen LogP contribution >= 0.6 is 0 Å². The molecule has 176 valence electrons. The van der Waals surface area contributed by atoms with Crippen LogP contribution in [0.5, 0.6) is 0 Å². The molecule has 0 spiro atoms. The Bertz CT molecular complexity index is 1110. The van der Waals surface area contributed by atoms with Gasteiger partial charge in [-0.3, -0.25) is 9.59 Å². The summed E-state index contributed by atoms with van der Waals surface area (Å²) in [5.41, 5.74) is 1.63. The lowest BCUT2D eigenvalue weighted by Crippen LogP contribution is -2.39. The Labute approximate surface area is 193 Å². The van der Waals surface area contributed by atoms with Crippen LogP contribution in [-0.4, -0.2) is 45.4 Å². The fourth-order valence-electron chi connectivity index (χ4n) is 3.44. The van der Waals surface area contributed by atoms with Crippen molar-refractivity contribution in [2.75, 3.05) is 18.1 Å². The number of ether oxygens (including phenoxy) is 1. The lowest BCUT2D eigenvalue weighted by molar-refractivity contribution is -0.121. The van der Waals surface area contributed by atoms with E-state index in [1.54, 1.807) is 24.3 Å². The lowest BCUT2D eigenvalue weighted by Gasteiger charge is -2.16. The van der Waals surface area contributed by atoms with E-state index in [1.165, 1.54) is 24.3 Å². The average Bonchev–Trinajstić information content (AvgIpc) is 3.06. The summed E-state index contributed by atoms with van der Waals surface area (Å²) in [6.45, 7) is 2.78. The standard InChI is InChI=1S/C23H27N3O6S/c1-2-3-14-32-23(29)17-6-8-18(9-7-17)26-21(27)15-20(22(26)28)25-13-12-16-4-10-19(11-5-16)33(24,30)31/h4-11,20,25H,2-3,12-15H2,1H3,(H2,24,30,31). The minimum atomic E-state index is -3.74.